The maximum Gasteiger partial charge on any atom is 0.0752 e. The first kappa shape index (κ1) is 9.22. The smallest absolute Gasteiger partial charge is 0.0752 e. The van der Waals surface area contributed by atoms with Gasteiger partial charge in [0.2, 0.25) is 0 Å². The van der Waals surface area contributed by atoms with Crippen molar-refractivity contribution in [2.75, 3.05) is 11.5 Å². The van der Waals surface area contributed by atoms with E-state index in [0.717, 1.165) is 5.25 Å². The molecule has 2 unspecified atom stereocenters. The van der Waals surface area contributed by atoms with Gasteiger partial charge in [-0.1, -0.05) is 6.92 Å². The Kier molecular flexibility index (Phi) is 2.17. The molecule has 70 valence electrons. The monoisotopic (exact) mass is 203 g/mol. The molecule has 1 N–H and O–H groups in total. The Balaban J connectivity index is 2.06. The molecule has 2 aliphatic rings. The highest BCUT2D eigenvalue weighted by Crippen LogP contribution is 2.47. The van der Waals surface area contributed by atoms with Gasteiger partial charge in [-0.25, -0.2) is 0 Å². The standard InChI is InChI=1S/C9H17NS2/c1-7-4-9(6-11-7)10-8(2,3)5-12-9/h7,10H,4-6H2,1-3H3. The highest BCUT2D eigenvalue weighted by molar-refractivity contribution is 8.05. The third-order valence-corrected chi connectivity index (χ3v) is 5.90. The quantitative estimate of drug-likeness (QED) is 0.649. The molecule has 0 aromatic heterocycles. The highest BCUT2D eigenvalue weighted by Gasteiger charge is 2.47. The average Bonchev–Trinajstić information content (AvgIpc) is 2.41. The predicted molar refractivity (Wildman–Crippen MR) is 58.9 cm³/mol. The second kappa shape index (κ2) is 2.82. The van der Waals surface area contributed by atoms with Crippen molar-refractivity contribution in [2.45, 2.75) is 42.9 Å². The van der Waals surface area contributed by atoms with Crippen LogP contribution in [0.3, 0.4) is 0 Å². The molecule has 0 amide bonds. The molecule has 12 heavy (non-hydrogen) atoms. The summed E-state index contributed by atoms with van der Waals surface area (Å²) in [6.07, 6.45) is 1.34. The fraction of sp³-hybridized carbons (Fsp3) is 1.00. The fourth-order valence-corrected chi connectivity index (χ4v) is 5.27. The predicted octanol–water partition coefficient (Wildman–Crippen LogP) is 2.32. The Morgan fingerprint density at radius 2 is 2.08 bits per heavy atom. The third-order valence-electron chi connectivity index (χ3n) is 2.49. The van der Waals surface area contributed by atoms with Crippen molar-refractivity contribution < 1.29 is 0 Å². The lowest BCUT2D eigenvalue weighted by molar-refractivity contribution is 0.379. The molecule has 3 heteroatoms. The topological polar surface area (TPSA) is 12.0 Å². The molecule has 0 aromatic rings. The van der Waals surface area contributed by atoms with Gasteiger partial charge in [0.05, 0.1) is 4.87 Å². The van der Waals surface area contributed by atoms with E-state index in [2.05, 4.69) is 49.6 Å². The highest BCUT2D eigenvalue weighted by atomic mass is 32.2. The normalized spacial score (nSPS) is 45.8. The summed E-state index contributed by atoms with van der Waals surface area (Å²) in [7, 11) is 0. The van der Waals surface area contributed by atoms with Crippen LogP contribution in [-0.4, -0.2) is 27.2 Å². The molecule has 1 nitrogen and oxygen atoms in total. The summed E-state index contributed by atoms with van der Waals surface area (Å²) in [6, 6.07) is 0. The zero-order chi connectivity index (χ0) is 8.82. The van der Waals surface area contributed by atoms with E-state index in [0.29, 0.717) is 10.4 Å². The molecular weight excluding hydrogens is 186 g/mol. The Morgan fingerprint density at radius 1 is 1.33 bits per heavy atom. The largest absolute Gasteiger partial charge is 0.296 e. The number of hydrogen-bond acceptors (Lipinski definition) is 3. The van der Waals surface area contributed by atoms with Crippen molar-refractivity contribution in [3.8, 4) is 0 Å². The van der Waals surface area contributed by atoms with Crippen LogP contribution in [0.1, 0.15) is 27.2 Å². The van der Waals surface area contributed by atoms with Crippen molar-refractivity contribution >= 4 is 23.5 Å². The SMILES string of the molecule is CC1CC2(CS1)NC(C)(C)CS2. The maximum absolute atomic E-state index is 3.78. The summed E-state index contributed by atoms with van der Waals surface area (Å²) in [5, 5.41) is 4.62. The Hall–Kier alpha value is 0.660. The summed E-state index contributed by atoms with van der Waals surface area (Å²) in [5.74, 6) is 2.56. The molecule has 0 saturated carbocycles. The van der Waals surface area contributed by atoms with E-state index >= 15 is 0 Å². The lowest BCUT2D eigenvalue weighted by Gasteiger charge is -2.26. The minimum absolute atomic E-state index is 0.356. The third kappa shape index (κ3) is 1.64. The first-order chi connectivity index (χ1) is 5.52. The molecular formula is C9H17NS2. The molecule has 0 aromatic carbocycles. The lowest BCUT2D eigenvalue weighted by atomic mass is 10.1. The summed E-state index contributed by atoms with van der Waals surface area (Å²) < 4.78 is 0. The Morgan fingerprint density at radius 3 is 2.50 bits per heavy atom. The van der Waals surface area contributed by atoms with Crippen LogP contribution in [0.5, 0.6) is 0 Å². The second-order valence-electron chi connectivity index (χ2n) is 4.62. The van der Waals surface area contributed by atoms with E-state index in [-0.39, 0.29) is 0 Å². The zero-order valence-corrected chi connectivity index (χ0v) is 9.65. The van der Waals surface area contributed by atoms with E-state index < -0.39 is 0 Å². The molecule has 2 atom stereocenters. The van der Waals surface area contributed by atoms with Crippen LogP contribution in [0.25, 0.3) is 0 Å². The molecule has 0 aliphatic carbocycles. The molecule has 2 saturated heterocycles. The van der Waals surface area contributed by atoms with E-state index in [4.69, 9.17) is 0 Å². The van der Waals surface area contributed by atoms with Gasteiger partial charge in [0.1, 0.15) is 0 Å². The first-order valence-electron chi connectivity index (χ1n) is 4.56. The Labute approximate surface area is 83.4 Å². The van der Waals surface area contributed by atoms with Crippen LogP contribution < -0.4 is 5.32 Å². The van der Waals surface area contributed by atoms with Gasteiger partial charge in [-0.3, -0.25) is 5.32 Å². The van der Waals surface area contributed by atoms with Gasteiger partial charge >= 0.3 is 0 Å². The summed E-state index contributed by atoms with van der Waals surface area (Å²) in [5.41, 5.74) is 0.356. The summed E-state index contributed by atoms with van der Waals surface area (Å²) in [4.78, 5) is 0.424. The van der Waals surface area contributed by atoms with Gasteiger partial charge in [0.15, 0.2) is 0 Å². The molecule has 1 spiro atoms. The van der Waals surface area contributed by atoms with Crippen molar-refractivity contribution in [3.05, 3.63) is 0 Å². The van der Waals surface area contributed by atoms with Gasteiger partial charge < -0.3 is 0 Å². The van der Waals surface area contributed by atoms with Gasteiger partial charge in [-0.05, 0) is 20.3 Å². The minimum atomic E-state index is 0.356. The van der Waals surface area contributed by atoms with Gasteiger partial charge in [0.25, 0.3) is 0 Å². The van der Waals surface area contributed by atoms with Crippen molar-refractivity contribution in [3.63, 3.8) is 0 Å². The first-order valence-corrected chi connectivity index (χ1v) is 6.60. The summed E-state index contributed by atoms with van der Waals surface area (Å²) in [6.45, 7) is 6.96. The second-order valence-corrected chi connectivity index (χ2v) is 7.40. The van der Waals surface area contributed by atoms with Crippen LogP contribution in [0.4, 0.5) is 0 Å². The van der Waals surface area contributed by atoms with Gasteiger partial charge in [-0.2, -0.15) is 11.8 Å². The van der Waals surface area contributed by atoms with Crippen molar-refractivity contribution in [1.82, 2.24) is 5.32 Å². The van der Waals surface area contributed by atoms with Crippen LogP contribution in [-0.2, 0) is 0 Å². The van der Waals surface area contributed by atoms with Gasteiger partial charge in [0, 0.05) is 22.3 Å². The van der Waals surface area contributed by atoms with Crippen molar-refractivity contribution in [2.24, 2.45) is 0 Å². The average molecular weight is 203 g/mol. The van der Waals surface area contributed by atoms with Crippen molar-refractivity contribution in [1.29, 1.82) is 0 Å². The fourth-order valence-electron chi connectivity index (χ4n) is 2.05. The Bertz CT molecular complexity index is 193. The van der Waals surface area contributed by atoms with E-state index in [1.54, 1.807) is 0 Å². The van der Waals surface area contributed by atoms with Crippen LogP contribution in [0.15, 0.2) is 0 Å². The van der Waals surface area contributed by atoms with E-state index in [9.17, 15) is 0 Å². The van der Waals surface area contributed by atoms with E-state index in [1.165, 1.54) is 17.9 Å². The van der Waals surface area contributed by atoms with Crippen LogP contribution >= 0.6 is 23.5 Å². The molecule has 2 heterocycles. The van der Waals surface area contributed by atoms with E-state index in [1.807, 2.05) is 0 Å². The molecule has 2 aliphatic heterocycles. The minimum Gasteiger partial charge on any atom is -0.296 e. The van der Waals surface area contributed by atoms with Gasteiger partial charge in [-0.15, -0.1) is 11.8 Å². The van der Waals surface area contributed by atoms with Crippen LogP contribution in [0, 0.1) is 0 Å². The number of hydrogen-bond donors (Lipinski definition) is 1. The maximum atomic E-state index is 3.78. The lowest BCUT2D eigenvalue weighted by Crippen LogP contribution is -2.47. The molecule has 0 radical (unpaired) electrons. The number of thioether (sulfide) groups is 2. The molecule has 2 fully saturated rings. The molecule has 2 rings (SSSR count). The molecule has 0 bridgehead atoms. The zero-order valence-electron chi connectivity index (χ0n) is 8.02. The summed E-state index contributed by atoms with van der Waals surface area (Å²) >= 11 is 4.24. The number of rotatable bonds is 0. The van der Waals surface area contributed by atoms with Crippen LogP contribution in [0.2, 0.25) is 0 Å². The number of nitrogens with one attached hydrogen (secondary N) is 1.